The number of fused-ring (bicyclic) bond motifs is 2. The maximum atomic E-state index is 13.2. The minimum Gasteiger partial charge on any atom is -0.456 e. The summed E-state index contributed by atoms with van der Waals surface area (Å²) >= 11 is 0. The first-order chi connectivity index (χ1) is 22.9. The van der Waals surface area contributed by atoms with E-state index in [2.05, 4.69) is 52.0 Å². The van der Waals surface area contributed by atoms with Gasteiger partial charge in [0.1, 0.15) is 35.9 Å². The van der Waals surface area contributed by atoms with E-state index in [9.17, 15) is 26.2 Å². The normalized spacial score (nSPS) is 12.0. The van der Waals surface area contributed by atoms with E-state index >= 15 is 0 Å². The van der Waals surface area contributed by atoms with Gasteiger partial charge in [-0.2, -0.15) is 8.42 Å². The van der Waals surface area contributed by atoms with Crippen LogP contribution in [0.3, 0.4) is 0 Å². The van der Waals surface area contributed by atoms with Crippen LogP contribution in [0.25, 0.3) is 33.4 Å². The van der Waals surface area contributed by atoms with Gasteiger partial charge in [0, 0.05) is 66.1 Å². The van der Waals surface area contributed by atoms with E-state index in [4.69, 9.17) is 10.3 Å². The van der Waals surface area contributed by atoms with Crippen LogP contribution in [0.5, 0.6) is 0 Å². The molecule has 4 rings (SSSR count). The van der Waals surface area contributed by atoms with Gasteiger partial charge >= 0.3 is 0 Å². The lowest BCUT2D eigenvalue weighted by atomic mass is 9.93. The second-order valence-corrected chi connectivity index (χ2v) is 14.2. The van der Waals surface area contributed by atoms with Crippen molar-refractivity contribution in [3.05, 3.63) is 60.0 Å². The lowest BCUT2D eigenvalue weighted by molar-refractivity contribution is -0.125. The van der Waals surface area contributed by atoms with Crippen molar-refractivity contribution in [1.82, 2.24) is 14.6 Å². The summed E-state index contributed by atoms with van der Waals surface area (Å²) in [6, 6.07) is 15.1. The number of carbonyl (C=O) groups is 1. The standard InChI is InChI=1S/C33H43N5O8S2/c1-5-37(6-2)23-11-14-26-29(19-23)46-30-20-24(38(7-3)8-4)12-15-27(30)33(26)28-16-13-25(21-31(28)48(42,43)44)47(40,41)36-18-10-9-17-35-32(39)22-45-34/h11-16,19-21,36H,5-10,17-18,22,34H2,1-4H3,(H-,35,39,42,43,44)/p+1. The number of nitrogens with zero attached hydrogens (tertiary/aromatic N) is 2. The van der Waals surface area contributed by atoms with Gasteiger partial charge in [-0.3, -0.25) is 14.2 Å². The van der Waals surface area contributed by atoms with Crippen LogP contribution in [0.1, 0.15) is 40.5 Å². The van der Waals surface area contributed by atoms with Crippen molar-refractivity contribution in [2.75, 3.05) is 50.8 Å². The second-order valence-electron chi connectivity index (χ2n) is 11.1. The van der Waals surface area contributed by atoms with Gasteiger partial charge < -0.3 is 14.6 Å². The zero-order valence-corrected chi connectivity index (χ0v) is 29.3. The Morgan fingerprint density at radius 3 is 2.25 bits per heavy atom. The Morgan fingerprint density at radius 1 is 0.917 bits per heavy atom. The molecule has 0 saturated heterocycles. The number of anilines is 1. The van der Waals surface area contributed by atoms with Crippen LogP contribution in [0.15, 0.2) is 68.8 Å². The van der Waals surface area contributed by atoms with E-state index in [-0.39, 0.29) is 23.6 Å². The van der Waals surface area contributed by atoms with Crippen molar-refractivity contribution in [2.24, 2.45) is 5.90 Å². The molecule has 1 aliphatic heterocycles. The summed E-state index contributed by atoms with van der Waals surface area (Å²) < 4.78 is 73.8. The Bertz CT molecular complexity index is 2020. The quantitative estimate of drug-likeness (QED) is 0.0445. The van der Waals surface area contributed by atoms with Crippen molar-refractivity contribution >= 4 is 42.7 Å². The summed E-state index contributed by atoms with van der Waals surface area (Å²) in [4.78, 5) is 17.0. The molecule has 13 nitrogen and oxygen atoms in total. The molecule has 0 atom stereocenters. The Kier molecular flexibility index (Phi) is 12.3. The predicted molar refractivity (Wildman–Crippen MR) is 186 cm³/mol. The number of carbonyl (C=O) groups excluding carboxylic acids is 1. The molecule has 0 spiro atoms. The fourth-order valence-electron chi connectivity index (χ4n) is 5.71. The third-order valence-corrected chi connectivity index (χ3v) is 10.5. The van der Waals surface area contributed by atoms with E-state index in [1.54, 1.807) is 0 Å². The first-order valence-electron chi connectivity index (χ1n) is 15.9. The number of unbranched alkanes of at least 4 members (excludes halogenated alkanes) is 1. The number of benzene rings is 3. The third-order valence-electron chi connectivity index (χ3n) is 8.19. The number of sulfonamides is 1. The fraction of sp³-hybridized carbons (Fsp3) is 0.394. The summed E-state index contributed by atoms with van der Waals surface area (Å²) in [5.74, 6) is 4.98. The van der Waals surface area contributed by atoms with Crippen LogP contribution in [-0.2, 0) is 29.8 Å². The summed E-state index contributed by atoms with van der Waals surface area (Å²) in [5.41, 5.74) is 2.64. The SMILES string of the molecule is CCN(CC)c1ccc2c(-c3ccc(S(=O)(=O)NCCCCNC(=O)CON)cc3S(=O)(=O)O)c3ccc(=[N+](CC)CC)cc-3oc2c1. The molecule has 15 heteroatoms. The molecular formula is C33H44N5O8S2+. The maximum absolute atomic E-state index is 13.2. The minimum atomic E-state index is -4.90. The number of rotatable bonds is 16. The van der Waals surface area contributed by atoms with Gasteiger partial charge in [0.25, 0.3) is 10.1 Å². The zero-order chi connectivity index (χ0) is 35.1. The molecule has 1 amide bonds. The van der Waals surface area contributed by atoms with E-state index in [1.165, 1.54) is 12.1 Å². The van der Waals surface area contributed by atoms with Crippen molar-refractivity contribution in [1.29, 1.82) is 0 Å². The number of nitrogens with two attached hydrogens (primary N) is 1. The Morgan fingerprint density at radius 2 is 1.60 bits per heavy atom. The molecule has 1 heterocycles. The summed E-state index contributed by atoms with van der Waals surface area (Å²) in [5, 5.41) is 4.11. The first-order valence-corrected chi connectivity index (χ1v) is 18.8. The van der Waals surface area contributed by atoms with Gasteiger partial charge in [-0.1, -0.05) is 6.07 Å². The number of hydrogen-bond donors (Lipinski definition) is 4. The Hall–Kier alpha value is -3.86. The second kappa shape index (κ2) is 16.0. The number of amides is 1. The van der Waals surface area contributed by atoms with Gasteiger partial charge in [-0.15, -0.1) is 0 Å². The lowest BCUT2D eigenvalue weighted by Gasteiger charge is -2.22. The van der Waals surface area contributed by atoms with Crippen LogP contribution in [0.4, 0.5) is 5.69 Å². The largest absolute Gasteiger partial charge is 0.456 e. The van der Waals surface area contributed by atoms with Gasteiger partial charge in [0.05, 0.1) is 11.0 Å². The highest BCUT2D eigenvalue weighted by Crippen LogP contribution is 2.43. The topological polar surface area (TPSA) is 184 Å². The van der Waals surface area contributed by atoms with Crippen LogP contribution in [0.2, 0.25) is 0 Å². The molecule has 0 unspecified atom stereocenters. The number of nitrogens with one attached hydrogen (secondary N) is 2. The molecule has 0 radical (unpaired) electrons. The van der Waals surface area contributed by atoms with E-state index in [0.29, 0.717) is 47.2 Å². The maximum Gasteiger partial charge on any atom is 0.295 e. The first kappa shape index (κ1) is 37.0. The molecule has 0 aromatic heterocycles. The molecule has 48 heavy (non-hydrogen) atoms. The Balaban J connectivity index is 1.83. The van der Waals surface area contributed by atoms with E-state index in [1.807, 2.05) is 36.4 Å². The monoisotopic (exact) mass is 702 g/mol. The molecule has 0 fully saturated rings. The van der Waals surface area contributed by atoms with E-state index in [0.717, 1.165) is 43.3 Å². The lowest BCUT2D eigenvalue weighted by Crippen LogP contribution is -2.30. The van der Waals surface area contributed by atoms with Crippen LogP contribution < -0.4 is 30.8 Å². The fourth-order valence-corrected chi connectivity index (χ4v) is 7.61. The highest BCUT2D eigenvalue weighted by molar-refractivity contribution is 7.89. The average Bonchev–Trinajstić information content (AvgIpc) is 3.05. The van der Waals surface area contributed by atoms with Gasteiger partial charge in [-0.05, 0) is 70.9 Å². The van der Waals surface area contributed by atoms with E-state index < -0.39 is 30.9 Å². The smallest absolute Gasteiger partial charge is 0.295 e. The average molecular weight is 703 g/mol. The van der Waals surface area contributed by atoms with Gasteiger partial charge in [0.2, 0.25) is 21.3 Å². The third kappa shape index (κ3) is 8.40. The summed E-state index contributed by atoms with van der Waals surface area (Å²) in [6.07, 6.45) is 0.863. The van der Waals surface area contributed by atoms with Crippen LogP contribution >= 0.6 is 0 Å². The summed E-state index contributed by atoms with van der Waals surface area (Å²) in [6.45, 7) is 11.3. The molecule has 260 valence electrons. The van der Waals surface area contributed by atoms with Gasteiger partial charge in [-0.25, -0.2) is 23.6 Å². The molecule has 2 aliphatic rings. The molecule has 0 bridgehead atoms. The van der Waals surface area contributed by atoms with Gasteiger partial charge in [0.15, 0.2) is 0 Å². The number of hydrogen-bond acceptors (Lipinski definition) is 9. The summed E-state index contributed by atoms with van der Waals surface area (Å²) in [7, 11) is -9.06. The molecule has 0 saturated carbocycles. The highest BCUT2D eigenvalue weighted by atomic mass is 32.2. The van der Waals surface area contributed by atoms with Crippen molar-refractivity contribution < 1.29 is 35.4 Å². The Labute approximate surface area is 281 Å². The molecule has 5 N–H and O–H groups in total. The molecular weight excluding hydrogens is 659 g/mol. The van der Waals surface area contributed by atoms with Crippen molar-refractivity contribution in [2.45, 2.75) is 50.3 Å². The van der Waals surface area contributed by atoms with Crippen LogP contribution in [-0.4, -0.2) is 73.2 Å². The van der Waals surface area contributed by atoms with Crippen molar-refractivity contribution in [3.63, 3.8) is 0 Å². The molecule has 1 aliphatic carbocycles. The van der Waals surface area contributed by atoms with Crippen LogP contribution in [0, 0.1) is 0 Å². The predicted octanol–water partition coefficient (Wildman–Crippen LogP) is 3.17. The molecule has 2 aromatic carbocycles. The molecule has 2 aromatic rings. The minimum absolute atomic E-state index is 0.0355. The zero-order valence-electron chi connectivity index (χ0n) is 27.7. The highest BCUT2D eigenvalue weighted by Gasteiger charge is 2.27. The van der Waals surface area contributed by atoms with Crippen molar-refractivity contribution in [3.8, 4) is 22.5 Å².